The van der Waals surface area contributed by atoms with Gasteiger partial charge in [-0.1, -0.05) is 35.6 Å². The van der Waals surface area contributed by atoms with Crippen molar-refractivity contribution in [2.45, 2.75) is 13.0 Å². The first-order chi connectivity index (χ1) is 17.4. The van der Waals surface area contributed by atoms with Crippen molar-refractivity contribution in [2.75, 3.05) is 34.5 Å². The van der Waals surface area contributed by atoms with Gasteiger partial charge in [0.25, 0.3) is 5.56 Å². The van der Waals surface area contributed by atoms with Crippen molar-refractivity contribution >= 4 is 39.3 Å². The second-order valence-electron chi connectivity index (χ2n) is 7.85. The fraction of sp³-hybridized carbons (Fsp3) is 0.269. The smallest absolute Gasteiger partial charge is 0.338 e. The third-order valence-electron chi connectivity index (χ3n) is 5.67. The molecule has 0 bridgehead atoms. The van der Waals surface area contributed by atoms with E-state index in [1.807, 2.05) is 36.4 Å². The molecule has 188 valence electrons. The number of aromatic nitrogens is 1. The molecule has 1 aliphatic heterocycles. The van der Waals surface area contributed by atoms with Gasteiger partial charge in [0.1, 0.15) is 24.1 Å². The first kappa shape index (κ1) is 25.9. The molecule has 0 amide bonds. The number of nitrogens with zero attached hydrogens (tertiary/aromatic N) is 2. The molecule has 10 heteroatoms. The van der Waals surface area contributed by atoms with Gasteiger partial charge in [-0.05, 0) is 52.7 Å². The lowest BCUT2D eigenvalue weighted by Gasteiger charge is -2.26. The van der Waals surface area contributed by atoms with Crippen LogP contribution in [0.2, 0.25) is 0 Å². The molecule has 2 aromatic carbocycles. The number of methoxy groups -OCH3 is 3. The normalized spacial score (nSPS) is 15.4. The number of halogens is 1. The van der Waals surface area contributed by atoms with Gasteiger partial charge in [-0.15, -0.1) is 0 Å². The number of benzene rings is 2. The van der Waals surface area contributed by atoms with E-state index in [0.29, 0.717) is 32.1 Å². The van der Waals surface area contributed by atoms with Crippen LogP contribution in [0.1, 0.15) is 24.1 Å². The predicted octanol–water partition coefficient (Wildman–Crippen LogP) is 3.20. The Morgan fingerprint density at radius 2 is 1.86 bits per heavy atom. The Morgan fingerprint density at radius 1 is 1.11 bits per heavy atom. The minimum Gasteiger partial charge on any atom is -0.496 e. The van der Waals surface area contributed by atoms with Crippen LogP contribution in [0.5, 0.6) is 11.5 Å². The Balaban J connectivity index is 1.91. The Bertz CT molecular complexity index is 1510. The Hall–Kier alpha value is -3.21. The molecule has 0 fully saturated rings. The van der Waals surface area contributed by atoms with Crippen LogP contribution in [-0.2, 0) is 14.3 Å². The van der Waals surface area contributed by atoms with Crippen molar-refractivity contribution in [1.82, 2.24) is 4.57 Å². The molecule has 0 saturated heterocycles. The van der Waals surface area contributed by atoms with Crippen molar-refractivity contribution in [2.24, 2.45) is 4.99 Å². The van der Waals surface area contributed by atoms with E-state index in [-0.39, 0.29) is 24.3 Å². The SMILES string of the molecule is COCCOC(=O)C1=C(C)N=c2sc(=Cc3ccc(OC)c(Br)c3)c(=O)n2C1c1ccccc1OC. The summed E-state index contributed by atoms with van der Waals surface area (Å²) in [4.78, 5) is 32.1. The van der Waals surface area contributed by atoms with E-state index >= 15 is 0 Å². The molecule has 4 rings (SSSR count). The zero-order valence-electron chi connectivity index (χ0n) is 20.2. The standard InChI is InChI=1S/C26H25BrN2O6S/c1-15-22(25(31)35-12-11-32-2)23(17-7-5-6-8-19(17)33-3)29-24(30)21(36-26(29)28-15)14-16-9-10-20(34-4)18(27)13-16/h5-10,13-14,23H,11-12H2,1-4H3. The highest BCUT2D eigenvalue weighted by Crippen LogP contribution is 2.35. The van der Waals surface area contributed by atoms with Crippen molar-refractivity contribution in [3.05, 3.63) is 89.0 Å². The van der Waals surface area contributed by atoms with Crippen LogP contribution in [0.3, 0.4) is 0 Å². The number of hydrogen-bond donors (Lipinski definition) is 0. The van der Waals surface area contributed by atoms with Crippen molar-refractivity contribution < 1.29 is 23.7 Å². The van der Waals surface area contributed by atoms with E-state index in [4.69, 9.17) is 18.9 Å². The van der Waals surface area contributed by atoms with Gasteiger partial charge in [-0.25, -0.2) is 9.79 Å². The van der Waals surface area contributed by atoms with E-state index < -0.39 is 12.0 Å². The number of thiazole rings is 1. The number of allylic oxidation sites excluding steroid dienone is 1. The summed E-state index contributed by atoms with van der Waals surface area (Å²) in [6.07, 6.45) is 1.79. The highest BCUT2D eigenvalue weighted by Gasteiger charge is 2.35. The fourth-order valence-electron chi connectivity index (χ4n) is 3.99. The van der Waals surface area contributed by atoms with Gasteiger partial charge in [0.2, 0.25) is 0 Å². The molecule has 2 heterocycles. The molecular weight excluding hydrogens is 548 g/mol. The molecular formula is C26H25BrN2O6S. The molecule has 1 unspecified atom stereocenters. The summed E-state index contributed by atoms with van der Waals surface area (Å²) in [5, 5.41) is 0. The zero-order valence-corrected chi connectivity index (χ0v) is 22.6. The van der Waals surface area contributed by atoms with E-state index in [1.165, 1.54) is 23.0 Å². The molecule has 8 nitrogen and oxygen atoms in total. The van der Waals surface area contributed by atoms with Gasteiger partial charge in [-0.3, -0.25) is 9.36 Å². The van der Waals surface area contributed by atoms with Crippen LogP contribution in [0, 0.1) is 0 Å². The van der Waals surface area contributed by atoms with Crippen LogP contribution < -0.4 is 24.4 Å². The average molecular weight is 573 g/mol. The van der Waals surface area contributed by atoms with Crippen LogP contribution in [-0.4, -0.2) is 45.1 Å². The molecule has 1 atom stereocenters. The molecule has 1 aromatic heterocycles. The average Bonchev–Trinajstić information content (AvgIpc) is 3.17. The minimum absolute atomic E-state index is 0.0848. The van der Waals surface area contributed by atoms with Crippen LogP contribution in [0.15, 0.2) is 68.0 Å². The van der Waals surface area contributed by atoms with Crippen LogP contribution in [0.25, 0.3) is 6.08 Å². The lowest BCUT2D eigenvalue weighted by atomic mass is 9.95. The molecule has 0 saturated carbocycles. The maximum atomic E-state index is 13.8. The number of hydrogen-bond acceptors (Lipinski definition) is 8. The van der Waals surface area contributed by atoms with E-state index in [9.17, 15) is 9.59 Å². The summed E-state index contributed by atoms with van der Waals surface area (Å²) >= 11 is 4.74. The van der Waals surface area contributed by atoms with Gasteiger partial charge >= 0.3 is 5.97 Å². The highest BCUT2D eigenvalue weighted by molar-refractivity contribution is 9.10. The summed E-state index contributed by atoms with van der Waals surface area (Å²) in [7, 11) is 4.68. The number of fused-ring (bicyclic) bond motifs is 1. The molecule has 3 aromatic rings. The van der Waals surface area contributed by atoms with Crippen LogP contribution in [0.4, 0.5) is 0 Å². The Kier molecular flexibility index (Phi) is 8.07. The monoisotopic (exact) mass is 572 g/mol. The summed E-state index contributed by atoms with van der Waals surface area (Å²) in [5.74, 6) is 0.683. The number of carbonyl (C=O) groups excluding carboxylic acids is 1. The van der Waals surface area contributed by atoms with Crippen molar-refractivity contribution in [3.8, 4) is 11.5 Å². The lowest BCUT2D eigenvalue weighted by Crippen LogP contribution is -2.40. The zero-order chi connectivity index (χ0) is 25.8. The largest absolute Gasteiger partial charge is 0.496 e. The molecule has 1 aliphatic rings. The van der Waals surface area contributed by atoms with Crippen molar-refractivity contribution in [1.29, 1.82) is 0 Å². The quantitative estimate of drug-likeness (QED) is 0.304. The fourth-order valence-corrected chi connectivity index (χ4v) is 5.59. The minimum atomic E-state index is -0.766. The topological polar surface area (TPSA) is 88.4 Å². The number of rotatable bonds is 8. The Morgan fingerprint density at radius 3 is 2.56 bits per heavy atom. The van der Waals surface area contributed by atoms with Gasteiger partial charge in [-0.2, -0.15) is 0 Å². The third-order valence-corrected chi connectivity index (χ3v) is 7.27. The van der Waals surface area contributed by atoms with Gasteiger partial charge in [0.15, 0.2) is 4.80 Å². The predicted molar refractivity (Wildman–Crippen MR) is 140 cm³/mol. The maximum absolute atomic E-state index is 13.8. The number of ether oxygens (including phenoxy) is 4. The molecule has 0 N–H and O–H groups in total. The van der Waals surface area contributed by atoms with E-state index in [1.54, 1.807) is 33.3 Å². The third kappa shape index (κ3) is 5.02. The molecule has 0 spiro atoms. The molecule has 0 aliphatic carbocycles. The summed E-state index contributed by atoms with van der Waals surface area (Å²) in [5.41, 5.74) is 1.97. The van der Waals surface area contributed by atoms with Gasteiger partial charge in [0.05, 0.1) is 41.1 Å². The van der Waals surface area contributed by atoms with E-state index in [0.717, 1.165) is 10.0 Å². The summed E-state index contributed by atoms with van der Waals surface area (Å²) in [6.45, 7) is 2.09. The molecule has 36 heavy (non-hydrogen) atoms. The second-order valence-corrected chi connectivity index (χ2v) is 9.71. The summed E-state index contributed by atoms with van der Waals surface area (Å²) < 4.78 is 24.1. The van der Waals surface area contributed by atoms with Crippen molar-refractivity contribution in [3.63, 3.8) is 0 Å². The highest BCUT2D eigenvalue weighted by atomic mass is 79.9. The second kappa shape index (κ2) is 11.2. The number of esters is 1. The lowest BCUT2D eigenvalue weighted by molar-refractivity contribution is -0.140. The Labute approximate surface area is 220 Å². The van der Waals surface area contributed by atoms with E-state index in [2.05, 4.69) is 20.9 Å². The number of para-hydroxylation sites is 1. The first-order valence-electron chi connectivity index (χ1n) is 11.0. The number of carbonyl (C=O) groups is 1. The molecule has 0 radical (unpaired) electrons. The van der Waals surface area contributed by atoms with Gasteiger partial charge < -0.3 is 18.9 Å². The maximum Gasteiger partial charge on any atom is 0.338 e. The first-order valence-corrected chi connectivity index (χ1v) is 12.7. The van der Waals surface area contributed by atoms with Crippen LogP contribution >= 0.6 is 27.3 Å². The summed E-state index contributed by atoms with van der Waals surface area (Å²) in [6, 6.07) is 12.1. The van der Waals surface area contributed by atoms with Gasteiger partial charge in [0, 0.05) is 12.7 Å².